The van der Waals surface area contributed by atoms with Gasteiger partial charge < -0.3 is 9.84 Å². The Morgan fingerprint density at radius 1 is 1.34 bits per heavy atom. The Hall–Kier alpha value is -2.36. The van der Waals surface area contributed by atoms with E-state index in [1.807, 2.05) is 23.8 Å². The molecule has 2 heterocycles. The predicted octanol–water partition coefficient (Wildman–Crippen LogP) is 6.15. The molecule has 1 amide bonds. The van der Waals surface area contributed by atoms with Crippen LogP contribution in [0.4, 0.5) is 9.80 Å². The summed E-state index contributed by atoms with van der Waals surface area (Å²) in [6.45, 7) is 5.41. The first-order chi connectivity index (χ1) is 13.7. The molecule has 9 heteroatoms. The first kappa shape index (κ1) is 21.4. The number of hydrogen-bond donors (Lipinski definition) is 2. The molecular weight excluding hydrogens is 426 g/mol. The van der Waals surface area contributed by atoms with Crippen LogP contribution in [-0.2, 0) is 4.74 Å². The number of aromatic hydroxyl groups is 1. The molecule has 0 spiro atoms. The smallest absolute Gasteiger partial charge is 0.412 e. The number of carbonyl (C=O) groups is 1. The van der Waals surface area contributed by atoms with E-state index in [-0.39, 0.29) is 5.75 Å². The summed E-state index contributed by atoms with van der Waals surface area (Å²) in [6, 6.07) is 9.00. The Bertz CT molecular complexity index is 1040. The molecular formula is C20H21N3O3S3. The summed E-state index contributed by atoms with van der Waals surface area (Å²) >= 11 is 4.69. The van der Waals surface area contributed by atoms with Crippen LogP contribution in [-0.4, -0.2) is 34.4 Å². The average Bonchev–Trinajstić information content (AvgIpc) is 3.26. The van der Waals surface area contributed by atoms with E-state index >= 15 is 0 Å². The number of alkyl carbamates (subject to hydrolysis) is 1. The van der Waals surface area contributed by atoms with Crippen LogP contribution in [0.15, 0.2) is 44.9 Å². The standard InChI is InChI=1S/C20H21N3O3S3/c1-20(2,3)26-19(25)22-11-21-16-9-14(18(27-4)29-16)17-23-15(10-28-17)12-6-5-7-13(24)8-12/h5-11,24H,1-4H3,(H,21,22,25). The summed E-state index contributed by atoms with van der Waals surface area (Å²) in [5, 5.41) is 15.8. The highest BCUT2D eigenvalue weighted by Gasteiger charge is 2.16. The number of carbonyl (C=O) groups excluding carboxylic acids is 1. The van der Waals surface area contributed by atoms with Gasteiger partial charge in [-0.3, -0.25) is 5.32 Å². The number of thiazole rings is 1. The first-order valence-electron chi connectivity index (χ1n) is 8.70. The van der Waals surface area contributed by atoms with Gasteiger partial charge in [-0.1, -0.05) is 12.1 Å². The molecule has 0 aliphatic carbocycles. The van der Waals surface area contributed by atoms with Gasteiger partial charge in [0.25, 0.3) is 0 Å². The normalized spacial score (nSPS) is 11.7. The Labute approximate surface area is 181 Å². The zero-order chi connectivity index (χ0) is 21.0. The fraction of sp³-hybridized carbons (Fsp3) is 0.250. The van der Waals surface area contributed by atoms with Crippen molar-refractivity contribution in [3.05, 3.63) is 35.7 Å². The van der Waals surface area contributed by atoms with Gasteiger partial charge >= 0.3 is 6.09 Å². The van der Waals surface area contributed by atoms with Crippen LogP contribution in [0.5, 0.6) is 5.75 Å². The Morgan fingerprint density at radius 2 is 2.14 bits per heavy atom. The van der Waals surface area contributed by atoms with E-state index in [0.717, 1.165) is 31.0 Å². The SMILES string of the molecule is CSc1sc(N=CNC(=O)OC(C)(C)C)cc1-c1nc(-c2cccc(O)c2)cs1. The molecule has 6 nitrogen and oxygen atoms in total. The highest BCUT2D eigenvalue weighted by atomic mass is 32.2. The fourth-order valence-corrected chi connectivity index (χ4v) is 5.06. The van der Waals surface area contributed by atoms with Crippen molar-refractivity contribution in [3.8, 4) is 27.6 Å². The van der Waals surface area contributed by atoms with Crippen LogP contribution in [0.2, 0.25) is 0 Å². The van der Waals surface area contributed by atoms with Crippen molar-refractivity contribution < 1.29 is 14.6 Å². The third kappa shape index (κ3) is 5.81. The molecule has 0 radical (unpaired) electrons. The minimum absolute atomic E-state index is 0.214. The molecule has 3 aromatic rings. The van der Waals surface area contributed by atoms with E-state index in [1.54, 1.807) is 62.1 Å². The summed E-state index contributed by atoms with van der Waals surface area (Å²) in [7, 11) is 0. The molecule has 2 N–H and O–H groups in total. The van der Waals surface area contributed by atoms with E-state index in [2.05, 4.69) is 10.3 Å². The van der Waals surface area contributed by atoms with Gasteiger partial charge in [0.2, 0.25) is 0 Å². The monoisotopic (exact) mass is 447 g/mol. The second-order valence-corrected chi connectivity index (χ2v) is 9.95. The van der Waals surface area contributed by atoms with Crippen molar-refractivity contribution in [1.82, 2.24) is 10.3 Å². The lowest BCUT2D eigenvalue weighted by molar-refractivity contribution is 0.0565. The molecule has 0 aliphatic heterocycles. The van der Waals surface area contributed by atoms with Gasteiger partial charge in [-0.2, -0.15) is 0 Å². The third-order valence-corrected chi connectivity index (χ3v) is 6.57. The number of phenolic OH excluding ortho intramolecular Hbond substituents is 1. The summed E-state index contributed by atoms with van der Waals surface area (Å²) < 4.78 is 6.27. The molecule has 0 bridgehead atoms. The molecule has 1 aromatic carbocycles. The second kappa shape index (κ2) is 8.98. The van der Waals surface area contributed by atoms with E-state index < -0.39 is 11.7 Å². The minimum Gasteiger partial charge on any atom is -0.508 e. The molecule has 152 valence electrons. The number of ether oxygens (including phenoxy) is 1. The lowest BCUT2D eigenvalue weighted by Crippen LogP contribution is -2.31. The van der Waals surface area contributed by atoms with E-state index in [9.17, 15) is 9.90 Å². The number of aromatic nitrogens is 1. The van der Waals surface area contributed by atoms with E-state index in [0.29, 0.717) is 0 Å². The number of benzene rings is 1. The van der Waals surface area contributed by atoms with Gasteiger partial charge in [0.15, 0.2) is 0 Å². The number of rotatable bonds is 5. The van der Waals surface area contributed by atoms with Crippen molar-refractivity contribution >= 4 is 51.9 Å². The van der Waals surface area contributed by atoms with Crippen LogP contribution in [0.25, 0.3) is 21.8 Å². The Morgan fingerprint density at radius 3 is 2.83 bits per heavy atom. The van der Waals surface area contributed by atoms with E-state index in [4.69, 9.17) is 9.72 Å². The zero-order valence-corrected chi connectivity index (χ0v) is 18.9. The minimum atomic E-state index is -0.557. The van der Waals surface area contributed by atoms with Gasteiger partial charge in [-0.25, -0.2) is 14.8 Å². The summed E-state index contributed by atoms with van der Waals surface area (Å²) in [6.07, 6.45) is 2.80. The molecule has 0 saturated heterocycles. The third-order valence-electron chi connectivity index (χ3n) is 3.52. The Kier molecular flexibility index (Phi) is 6.61. The molecule has 0 aliphatic rings. The summed E-state index contributed by atoms with van der Waals surface area (Å²) in [5.74, 6) is 0.214. The van der Waals surface area contributed by atoms with Crippen LogP contribution in [0.1, 0.15) is 20.8 Å². The number of nitrogens with zero attached hydrogens (tertiary/aromatic N) is 2. The number of thioether (sulfide) groups is 1. The quantitative estimate of drug-likeness (QED) is 0.278. The van der Waals surface area contributed by atoms with Gasteiger partial charge in [-0.05, 0) is 45.2 Å². The van der Waals surface area contributed by atoms with Crippen LogP contribution in [0.3, 0.4) is 0 Å². The maximum Gasteiger partial charge on any atom is 0.412 e. The molecule has 2 aromatic heterocycles. The van der Waals surface area contributed by atoms with Gasteiger partial charge in [0.1, 0.15) is 21.4 Å². The summed E-state index contributed by atoms with van der Waals surface area (Å²) in [5.41, 5.74) is 2.13. The van der Waals surface area contributed by atoms with Crippen LogP contribution >= 0.6 is 34.4 Å². The maximum absolute atomic E-state index is 11.7. The zero-order valence-electron chi connectivity index (χ0n) is 16.4. The molecule has 0 saturated carbocycles. The van der Waals surface area contributed by atoms with Crippen molar-refractivity contribution in [2.45, 2.75) is 30.6 Å². The predicted molar refractivity (Wildman–Crippen MR) is 122 cm³/mol. The largest absolute Gasteiger partial charge is 0.508 e. The van der Waals surface area contributed by atoms with E-state index in [1.165, 1.54) is 17.7 Å². The van der Waals surface area contributed by atoms with Crippen molar-refractivity contribution in [2.24, 2.45) is 4.99 Å². The number of amides is 1. The first-order valence-corrected chi connectivity index (χ1v) is 11.6. The summed E-state index contributed by atoms with van der Waals surface area (Å²) in [4.78, 5) is 20.8. The second-order valence-electron chi connectivity index (χ2n) is 6.98. The molecule has 29 heavy (non-hydrogen) atoms. The average molecular weight is 448 g/mol. The van der Waals surface area contributed by atoms with Gasteiger partial charge in [-0.15, -0.1) is 34.4 Å². The molecule has 0 atom stereocenters. The van der Waals surface area contributed by atoms with Gasteiger partial charge in [0, 0.05) is 16.5 Å². The van der Waals surface area contributed by atoms with Crippen molar-refractivity contribution in [2.75, 3.05) is 6.26 Å². The van der Waals surface area contributed by atoms with Gasteiger partial charge in [0.05, 0.1) is 16.2 Å². The number of phenols is 1. The topological polar surface area (TPSA) is 83.8 Å². The highest BCUT2D eigenvalue weighted by molar-refractivity contribution is 8.00. The number of hydrogen-bond acceptors (Lipinski definition) is 8. The highest BCUT2D eigenvalue weighted by Crippen LogP contribution is 2.43. The number of aliphatic imine (C=N–C) groups is 1. The molecule has 3 rings (SSSR count). The molecule has 0 fully saturated rings. The van der Waals surface area contributed by atoms with Crippen LogP contribution in [0, 0.1) is 0 Å². The fourth-order valence-electron chi connectivity index (χ4n) is 2.38. The number of thiophene rings is 1. The maximum atomic E-state index is 11.7. The van der Waals surface area contributed by atoms with Crippen molar-refractivity contribution in [3.63, 3.8) is 0 Å². The lowest BCUT2D eigenvalue weighted by Gasteiger charge is -2.18. The number of nitrogens with one attached hydrogen (secondary N) is 1. The Balaban J connectivity index is 1.77. The van der Waals surface area contributed by atoms with Crippen molar-refractivity contribution in [1.29, 1.82) is 0 Å². The molecule has 0 unspecified atom stereocenters. The van der Waals surface area contributed by atoms with Crippen LogP contribution < -0.4 is 5.32 Å². The lowest BCUT2D eigenvalue weighted by atomic mass is 10.2.